The van der Waals surface area contributed by atoms with Crippen LogP contribution in [-0.4, -0.2) is 30.7 Å². The van der Waals surface area contributed by atoms with E-state index < -0.39 is 12.1 Å². The zero-order valence-electron chi connectivity index (χ0n) is 18.7. The highest BCUT2D eigenvalue weighted by Gasteiger charge is 2.22. The standard InChI is InChI=1S/C25H29NO5/c1-6-29-22-14-20-12-17(4)30-23(20)13-19(22)8-10-24(27)31-18(5)25(28)26-21-9-7-15(2)11-16(21)3/h7-11,13-14,17-18H,6,12H2,1-5H3,(H,26,28)/b10-8+/t17-,18-/m0/s1. The molecule has 2 aromatic carbocycles. The van der Waals surface area contributed by atoms with Crippen LogP contribution in [0, 0.1) is 13.8 Å². The number of carbonyl (C=O) groups is 2. The Hall–Kier alpha value is -3.28. The zero-order valence-corrected chi connectivity index (χ0v) is 18.7. The summed E-state index contributed by atoms with van der Waals surface area (Å²) in [7, 11) is 0. The summed E-state index contributed by atoms with van der Waals surface area (Å²) in [5, 5.41) is 2.80. The predicted molar refractivity (Wildman–Crippen MR) is 121 cm³/mol. The van der Waals surface area contributed by atoms with Crippen molar-refractivity contribution in [2.75, 3.05) is 11.9 Å². The van der Waals surface area contributed by atoms with Gasteiger partial charge < -0.3 is 19.5 Å². The van der Waals surface area contributed by atoms with Gasteiger partial charge in [0.2, 0.25) is 0 Å². The van der Waals surface area contributed by atoms with E-state index >= 15 is 0 Å². The minimum Gasteiger partial charge on any atom is -0.493 e. The number of ether oxygens (including phenoxy) is 3. The lowest BCUT2D eigenvalue weighted by molar-refractivity contribution is -0.148. The molecule has 1 N–H and O–H groups in total. The van der Waals surface area contributed by atoms with E-state index in [1.807, 2.05) is 58.0 Å². The van der Waals surface area contributed by atoms with Gasteiger partial charge in [-0.3, -0.25) is 4.79 Å². The van der Waals surface area contributed by atoms with Crippen molar-refractivity contribution in [2.45, 2.75) is 53.2 Å². The molecule has 0 saturated carbocycles. The quantitative estimate of drug-likeness (QED) is 0.520. The van der Waals surface area contributed by atoms with Crippen molar-refractivity contribution in [3.8, 4) is 11.5 Å². The minimum absolute atomic E-state index is 0.116. The fourth-order valence-electron chi connectivity index (χ4n) is 3.48. The number of amides is 1. The van der Waals surface area contributed by atoms with Crippen molar-refractivity contribution in [1.82, 2.24) is 0 Å². The van der Waals surface area contributed by atoms with E-state index in [-0.39, 0.29) is 12.0 Å². The van der Waals surface area contributed by atoms with Crippen LogP contribution in [-0.2, 0) is 20.7 Å². The van der Waals surface area contributed by atoms with Gasteiger partial charge in [0.25, 0.3) is 5.91 Å². The van der Waals surface area contributed by atoms with Crippen LogP contribution >= 0.6 is 0 Å². The molecule has 6 heteroatoms. The summed E-state index contributed by atoms with van der Waals surface area (Å²) in [6.07, 6.45) is 2.92. The Morgan fingerprint density at radius 1 is 1.26 bits per heavy atom. The molecular weight excluding hydrogens is 394 g/mol. The number of carbonyl (C=O) groups excluding carboxylic acids is 2. The summed E-state index contributed by atoms with van der Waals surface area (Å²) in [5.74, 6) is 0.484. The molecule has 0 unspecified atom stereocenters. The molecule has 0 bridgehead atoms. The molecule has 31 heavy (non-hydrogen) atoms. The second kappa shape index (κ2) is 9.69. The first-order chi connectivity index (χ1) is 14.8. The van der Waals surface area contributed by atoms with Crippen molar-refractivity contribution in [1.29, 1.82) is 0 Å². The molecule has 1 aliphatic heterocycles. The van der Waals surface area contributed by atoms with Crippen LogP contribution in [0.2, 0.25) is 0 Å². The topological polar surface area (TPSA) is 73.9 Å². The van der Waals surface area contributed by atoms with E-state index in [0.29, 0.717) is 18.0 Å². The summed E-state index contributed by atoms with van der Waals surface area (Å²) >= 11 is 0. The Balaban J connectivity index is 1.64. The number of hydrogen-bond donors (Lipinski definition) is 1. The molecule has 0 aliphatic carbocycles. The molecule has 1 amide bonds. The Morgan fingerprint density at radius 3 is 2.74 bits per heavy atom. The van der Waals surface area contributed by atoms with Gasteiger partial charge in [-0.2, -0.15) is 0 Å². The lowest BCUT2D eigenvalue weighted by Crippen LogP contribution is -2.29. The second-order valence-corrected chi connectivity index (χ2v) is 7.78. The first-order valence-corrected chi connectivity index (χ1v) is 10.5. The van der Waals surface area contributed by atoms with Gasteiger partial charge in [-0.15, -0.1) is 0 Å². The number of rotatable bonds is 7. The van der Waals surface area contributed by atoms with E-state index in [1.54, 1.807) is 13.0 Å². The van der Waals surface area contributed by atoms with Gasteiger partial charge in [0.15, 0.2) is 6.10 Å². The summed E-state index contributed by atoms with van der Waals surface area (Å²) in [6, 6.07) is 9.55. The van der Waals surface area contributed by atoms with Gasteiger partial charge >= 0.3 is 5.97 Å². The van der Waals surface area contributed by atoms with E-state index in [1.165, 1.54) is 6.08 Å². The van der Waals surface area contributed by atoms with Crippen LogP contribution < -0.4 is 14.8 Å². The molecule has 0 spiro atoms. The van der Waals surface area contributed by atoms with Gasteiger partial charge in [-0.1, -0.05) is 17.7 Å². The highest BCUT2D eigenvalue weighted by Crippen LogP contribution is 2.35. The van der Waals surface area contributed by atoms with Crippen molar-refractivity contribution in [2.24, 2.45) is 0 Å². The molecule has 0 saturated heterocycles. The summed E-state index contributed by atoms with van der Waals surface area (Å²) in [4.78, 5) is 24.7. The van der Waals surface area contributed by atoms with Crippen molar-refractivity contribution >= 4 is 23.6 Å². The lowest BCUT2D eigenvalue weighted by Gasteiger charge is -2.14. The molecule has 6 nitrogen and oxygen atoms in total. The van der Waals surface area contributed by atoms with Gasteiger partial charge in [0.05, 0.1) is 6.61 Å². The van der Waals surface area contributed by atoms with Crippen LogP contribution in [0.15, 0.2) is 36.4 Å². The van der Waals surface area contributed by atoms with E-state index in [4.69, 9.17) is 14.2 Å². The average Bonchev–Trinajstić information content (AvgIpc) is 3.07. The predicted octanol–water partition coefficient (Wildman–Crippen LogP) is 4.61. The number of fused-ring (bicyclic) bond motifs is 1. The van der Waals surface area contributed by atoms with Gasteiger partial charge in [-0.25, -0.2) is 4.79 Å². The molecule has 2 aromatic rings. The molecular formula is C25H29NO5. The normalized spacial score (nSPS) is 15.8. The molecule has 0 fully saturated rings. The van der Waals surface area contributed by atoms with Crippen LogP contribution in [0.3, 0.4) is 0 Å². The number of esters is 1. The molecule has 164 valence electrons. The highest BCUT2D eigenvalue weighted by molar-refractivity contribution is 5.97. The zero-order chi connectivity index (χ0) is 22.5. The van der Waals surface area contributed by atoms with Gasteiger partial charge in [0, 0.05) is 29.3 Å². The van der Waals surface area contributed by atoms with Crippen molar-refractivity contribution in [3.63, 3.8) is 0 Å². The number of anilines is 1. The molecule has 2 atom stereocenters. The number of hydrogen-bond acceptors (Lipinski definition) is 5. The van der Waals surface area contributed by atoms with E-state index in [0.717, 1.165) is 34.4 Å². The lowest BCUT2D eigenvalue weighted by atomic mass is 10.1. The van der Waals surface area contributed by atoms with Crippen molar-refractivity contribution < 1.29 is 23.8 Å². The number of nitrogens with one attached hydrogen (secondary N) is 1. The second-order valence-electron chi connectivity index (χ2n) is 7.78. The third-order valence-corrected chi connectivity index (χ3v) is 5.03. The maximum Gasteiger partial charge on any atom is 0.331 e. The van der Waals surface area contributed by atoms with Crippen LogP contribution in [0.25, 0.3) is 6.08 Å². The van der Waals surface area contributed by atoms with Crippen LogP contribution in [0.5, 0.6) is 11.5 Å². The Kier molecular flexibility index (Phi) is 7.00. The third-order valence-electron chi connectivity index (χ3n) is 5.03. The van der Waals surface area contributed by atoms with Crippen LogP contribution in [0.4, 0.5) is 5.69 Å². The monoisotopic (exact) mass is 423 g/mol. The molecule has 1 heterocycles. The number of aryl methyl sites for hydroxylation is 2. The van der Waals surface area contributed by atoms with E-state index in [2.05, 4.69) is 5.32 Å². The Morgan fingerprint density at radius 2 is 2.03 bits per heavy atom. The SMILES string of the molecule is CCOc1cc2c(cc1/C=C/C(=O)O[C@@H](C)C(=O)Nc1ccc(C)cc1C)O[C@@H](C)C2. The minimum atomic E-state index is -0.937. The first kappa shape index (κ1) is 22.4. The fraction of sp³-hybridized carbons (Fsp3) is 0.360. The molecule has 3 rings (SSSR count). The highest BCUT2D eigenvalue weighted by atomic mass is 16.5. The Bertz CT molecular complexity index is 1010. The maximum absolute atomic E-state index is 12.4. The first-order valence-electron chi connectivity index (χ1n) is 10.5. The smallest absolute Gasteiger partial charge is 0.331 e. The summed E-state index contributed by atoms with van der Waals surface area (Å²) < 4.78 is 16.8. The largest absolute Gasteiger partial charge is 0.493 e. The number of benzene rings is 2. The average molecular weight is 424 g/mol. The summed E-state index contributed by atoms with van der Waals surface area (Å²) in [5.41, 5.74) is 4.57. The molecule has 0 aromatic heterocycles. The van der Waals surface area contributed by atoms with Crippen molar-refractivity contribution in [3.05, 3.63) is 58.7 Å². The molecule has 0 radical (unpaired) electrons. The Labute approximate surface area is 183 Å². The van der Waals surface area contributed by atoms with Crippen LogP contribution in [0.1, 0.15) is 43.0 Å². The fourth-order valence-corrected chi connectivity index (χ4v) is 3.48. The summed E-state index contributed by atoms with van der Waals surface area (Å²) in [6.45, 7) is 9.87. The maximum atomic E-state index is 12.4. The van der Waals surface area contributed by atoms with Gasteiger partial charge in [-0.05, 0) is 64.5 Å². The third kappa shape index (κ3) is 5.66. The van der Waals surface area contributed by atoms with E-state index in [9.17, 15) is 9.59 Å². The van der Waals surface area contributed by atoms with Gasteiger partial charge in [0.1, 0.15) is 17.6 Å². The molecule has 1 aliphatic rings.